The van der Waals surface area contributed by atoms with E-state index in [-0.39, 0.29) is 5.54 Å². The van der Waals surface area contributed by atoms with Gasteiger partial charge in [-0.25, -0.2) is 0 Å². The number of aliphatic imine (C=N–C) groups is 1. The molecule has 126 valence electrons. The molecule has 0 radical (unpaired) electrons. The highest BCUT2D eigenvalue weighted by Crippen LogP contribution is 2.39. The van der Waals surface area contributed by atoms with Crippen LogP contribution in [0.2, 0.25) is 0 Å². The maximum Gasteiger partial charge on any atom is 0.0744 e. The summed E-state index contributed by atoms with van der Waals surface area (Å²) < 4.78 is 0. The molecule has 25 heavy (non-hydrogen) atoms. The Hall–Kier alpha value is -2.24. The van der Waals surface area contributed by atoms with Gasteiger partial charge < -0.3 is 0 Å². The Morgan fingerprint density at radius 1 is 0.640 bits per heavy atom. The van der Waals surface area contributed by atoms with E-state index in [1.54, 1.807) is 0 Å². The van der Waals surface area contributed by atoms with Crippen LogP contribution in [0.1, 0.15) is 26.3 Å². The minimum absolute atomic E-state index is 0.130. The first-order valence-electron chi connectivity index (χ1n) is 8.60. The molecule has 0 aliphatic heterocycles. The lowest BCUT2D eigenvalue weighted by Crippen LogP contribution is -2.22. The Morgan fingerprint density at radius 3 is 1.44 bits per heavy atom. The molecule has 2 heteroatoms. The molecule has 0 saturated carbocycles. The van der Waals surface area contributed by atoms with E-state index in [1.165, 1.54) is 21.6 Å². The molecule has 0 spiro atoms. The SMILES string of the molecule is CC(C)(C)N=C(c1ccccc1)P(c1ccccc1)c1ccccc1. The first kappa shape index (κ1) is 17.6. The summed E-state index contributed by atoms with van der Waals surface area (Å²) in [6.45, 7) is 6.50. The van der Waals surface area contributed by atoms with Crippen molar-refractivity contribution in [2.24, 2.45) is 4.99 Å². The van der Waals surface area contributed by atoms with Crippen molar-refractivity contribution < 1.29 is 0 Å². The second kappa shape index (κ2) is 7.76. The lowest BCUT2D eigenvalue weighted by molar-refractivity contribution is 0.586. The van der Waals surface area contributed by atoms with E-state index in [0.717, 1.165) is 0 Å². The Labute approximate surface area is 152 Å². The van der Waals surface area contributed by atoms with Gasteiger partial charge >= 0.3 is 0 Å². The topological polar surface area (TPSA) is 12.4 Å². The number of nitrogens with zero attached hydrogens (tertiary/aromatic N) is 1. The molecule has 0 aliphatic rings. The minimum Gasteiger partial charge on any atom is -0.278 e. The second-order valence-electron chi connectivity index (χ2n) is 6.98. The van der Waals surface area contributed by atoms with Crippen molar-refractivity contribution in [3.05, 3.63) is 96.6 Å². The van der Waals surface area contributed by atoms with E-state index >= 15 is 0 Å². The van der Waals surface area contributed by atoms with Crippen molar-refractivity contribution in [3.63, 3.8) is 0 Å². The number of hydrogen-bond acceptors (Lipinski definition) is 1. The lowest BCUT2D eigenvalue weighted by atomic mass is 10.1. The van der Waals surface area contributed by atoms with Gasteiger partial charge in [-0.3, -0.25) is 4.99 Å². The Bertz CT molecular complexity index is 779. The average molecular weight is 345 g/mol. The first-order valence-corrected chi connectivity index (χ1v) is 9.94. The van der Waals surface area contributed by atoms with Crippen molar-refractivity contribution >= 4 is 24.0 Å². The van der Waals surface area contributed by atoms with Crippen LogP contribution in [0.5, 0.6) is 0 Å². The monoisotopic (exact) mass is 345 g/mol. The summed E-state index contributed by atoms with van der Waals surface area (Å²) >= 11 is 0. The Morgan fingerprint density at radius 2 is 1.04 bits per heavy atom. The molecule has 0 bridgehead atoms. The molecule has 0 saturated heterocycles. The van der Waals surface area contributed by atoms with E-state index in [1.807, 2.05) is 0 Å². The Kier molecular flexibility index (Phi) is 5.46. The lowest BCUT2D eigenvalue weighted by Gasteiger charge is -2.25. The Balaban J connectivity index is 2.22. The van der Waals surface area contributed by atoms with Gasteiger partial charge in [-0.2, -0.15) is 0 Å². The molecule has 0 heterocycles. The third-order valence-corrected chi connectivity index (χ3v) is 6.12. The number of hydrogen-bond donors (Lipinski definition) is 0. The van der Waals surface area contributed by atoms with E-state index < -0.39 is 7.92 Å². The van der Waals surface area contributed by atoms with Gasteiger partial charge in [-0.1, -0.05) is 91.0 Å². The van der Waals surface area contributed by atoms with Gasteiger partial charge in [-0.15, -0.1) is 0 Å². The van der Waals surface area contributed by atoms with Crippen LogP contribution in [0.15, 0.2) is 96.0 Å². The van der Waals surface area contributed by atoms with Crippen LogP contribution in [0.4, 0.5) is 0 Å². The van der Waals surface area contributed by atoms with Crippen molar-refractivity contribution in [1.82, 2.24) is 0 Å². The molecule has 3 aromatic carbocycles. The maximum absolute atomic E-state index is 5.18. The van der Waals surface area contributed by atoms with Crippen molar-refractivity contribution in [3.8, 4) is 0 Å². The van der Waals surface area contributed by atoms with E-state index in [9.17, 15) is 0 Å². The third-order valence-electron chi connectivity index (χ3n) is 3.71. The molecule has 0 atom stereocenters. The smallest absolute Gasteiger partial charge is 0.0744 e. The summed E-state index contributed by atoms with van der Waals surface area (Å²) in [6, 6.07) is 32.1. The van der Waals surface area contributed by atoms with Gasteiger partial charge in [0, 0.05) is 13.5 Å². The van der Waals surface area contributed by atoms with Crippen LogP contribution >= 0.6 is 7.92 Å². The molecule has 0 fully saturated rings. The van der Waals surface area contributed by atoms with Crippen LogP contribution in [0.3, 0.4) is 0 Å². The highest BCUT2D eigenvalue weighted by Gasteiger charge is 2.23. The fraction of sp³-hybridized carbons (Fsp3) is 0.174. The minimum atomic E-state index is -0.705. The predicted molar refractivity (Wildman–Crippen MR) is 112 cm³/mol. The highest BCUT2D eigenvalue weighted by molar-refractivity contribution is 7.88. The van der Waals surface area contributed by atoms with Crippen LogP contribution in [0.25, 0.3) is 0 Å². The summed E-state index contributed by atoms with van der Waals surface area (Å²) in [5.41, 5.74) is 2.26. The highest BCUT2D eigenvalue weighted by atomic mass is 31.1. The van der Waals surface area contributed by atoms with Crippen molar-refractivity contribution in [2.45, 2.75) is 26.3 Å². The fourth-order valence-electron chi connectivity index (χ4n) is 2.70. The van der Waals surface area contributed by atoms with Crippen LogP contribution in [0, 0.1) is 0 Å². The molecular formula is C23H24NP. The molecular weight excluding hydrogens is 321 g/mol. The summed E-state index contributed by atoms with van der Waals surface area (Å²) in [6.07, 6.45) is 0. The van der Waals surface area contributed by atoms with Crippen LogP contribution < -0.4 is 10.6 Å². The normalized spacial score (nSPS) is 12.4. The van der Waals surface area contributed by atoms with E-state index in [0.29, 0.717) is 0 Å². The van der Waals surface area contributed by atoms with E-state index in [4.69, 9.17) is 4.99 Å². The standard InChI is InChI=1S/C23H24NP/c1-23(2,3)24-22(19-13-7-4-8-14-19)25(20-15-9-5-10-16-20)21-17-11-6-12-18-21/h4-18H,1-3H3. The first-order chi connectivity index (χ1) is 12.0. The third kappa shape index (κ3) is 4.65. The van der Waals surface area contributed by atoms with Gasteiger partial charge in [0.05, 0.1) is 11.0 Å². The second-order valence-corrected chi connectivity index (χ2v) is 9.11. The zero-order chi connectivity index (χ0) is 17.7. The summed E-state index contributed by atoms with van der Waals surface area (Å²) in [7, 11) is -0.705. The van der Waals surface area contributed by atoms with Crippen LogP contribution in [-0.2, 0) is 0 Å². The molecule has 3 rings (SSSR count). The molecule has 0 unspecified atom stereocenters. The molecule has 0 aliphatic carbocycles. The summed E-state index contributed by atoms with van der Waals surface area (Å²) in [5, 5.41) is 2.66. The van der Waals surface area contributed by atoms with Gasteiger partial charge in [0.15, 0.2) is 0 Å². The molecule has 3 aromatic rings. The average Bonchev–Trinajstić information content (AvgIpc) is 2.63. The van der Waals surface area contributed by atoms with Crippen LogP contribution in [-0.4, -0.2) is 11.0 Å². The molecule has 0 amide bonds. The maximum atomic E-state index is 5.18. The number of benzene rings is 3. The zero-order valence-corrected chi connectivity index (χ0v) is 15.9. The summed E-state index contributed by atoms with van der Waals surface area (Å²) in [4.78, 5) is 5.18. The number of rotatable bonds is 4. The fourth-order valence-corrected chi connectivity index (χ4v) is 5.23. The molecule has 1 nitrogen and oxygen atoms in total. The van der Waals surface area contributed by atoms with Gasteiger partial charge in [0.25, 0.3) is 0 Å². The van der Waals surface area contributed by atoms with Gasteiger partial charge in [-0.05, 0) is 31.4 Å². The largest absolute Gasteiger partial charge is 0.278 e. The summed E-state index contributed by atoms with van der Waals surface area (Å²) in [5.74, 6) is 0. The predicted octanol–water partition coefficient (Wildman–Crippen LogP) is 5.36. The van der Waals surface area contributed by atoms with Gasteiger partial charge in [0.2, 0.25) is 0 Å². The molecule has 0 aromatic heterocycles. The zero-order valence-electron chi connectivity index (χ0n) is 15.1. The quantitative estimate of drug-likeness (QED) is 0.446. The van der Waals surface area contributed by atoms with Crippen molar-refractivity contribution in [2.75, 3.05) is 0 Å². The molecule has 0 N–H and O–H groups in total. The van der Waals surface area contributed by atoms with E-state index in [2.05, 4.69) is 112 Å². The van der Waals surface area contributed by atoms with Gasteiger partial charge in [0.1, 0.15) is 0 Å². The van der Waals surface area contributed by atoms with Crippen molar-refractivity contribution in [1.29, 1.82) is 0 Å².